The topological polar surface area (TPSA) is 25.8 Å². The largest absolute Gasteiger partial charge is 0.254 e. The number of rotatable bonds is 42. The van der Waals surface area contributed by atoms with Gasteiger partial charge in [0.2, 0.25) is 0 Å². The third kappa shape index (κ3) is 24.3. The Morgan fingerprint density at radius 1 is 0.259 bits per heavy atom. The van der Waals surface area contributed by atoms with Gasteiger partial charge < -0.3 is 0 Å². The molecule has 58 heavy (non-hydrogen) atoms. The van der Waals surface area contributed by atoms with E-state index in [-0.39, 0.29) is 0 Å². The molecule has 1 aromatic carbocycles. The Bertz CT molecular complexity index is 1240. The first-order valence-corrected chi connectivity index (χ1v) is 26.5. The number of nitrogens with zero attached hydrogens (tertiary/aromatic N) is 2. The normalized spacial score (nSPS) is 11.8. The van der Waals surface area contributed by atoms with Crippen molar-refractivity contribution in [2.75, 3.05) is 0 Å². The van der Waals surface area contributed by atoms with Crippen molar-refractivity contribution in [2.24, 2.45) is 0 Å². The maximum absolute atomic E-state index is 4.87. The number of hydrogen-bond acceptors (Lipinski definition) is 2. The Labute approximate surface area is 361 Å². The minimum atomic E-state index is 1.11. The second-order valence-corrected chi connectivity index (χ2v) is 18.7. The van der Waals surface area contributed by atoms with E-state index in [9.17, 15) is 0 Å². The fraction of sp³-hybridized carbons (Fsp3) is 0.786. The first kappa shape index (κ1) is 50.4. The molecule has 0 bridgehead atoms. The molecule has 0 aliphatic rings. The van der Waals surface area contributed by atoms with Crippen LogP contribution in [0.15, 0.2) is 36.7 Å². The highest BCUT2D eigenvalue weighted by atomic mass is 14.7. The predicted octanol–water partition coefficient (Wildman–Crippen LogP) is 19.5. The number of pyridine rings is 2. The summed E-state index contributed by atoms with van der Waals surface area (Å²) in [5.74, 6) is 0. The molecule has 2 nitrogen and oxygen atoms in total. The first-order valence-electron chi connectivity index (χ1n) is 26.5. The predicted molar refractivity (Wildman–Crippen MR) is 260 cm³/mol. The molecule has 2 heterocycles. The Kier molecular flexibility index (Phi) is 32.0. The fourth-order valence-corrected chi connectivity index (χ4v) is 9.52. The number of aryl methyl sites for hydroxylation is 2. The van der Waals surface area contributed by atoms with E-state index in [2.05, 4.69) is 38.1 Å². The Morgan fingerprint density at radius 2 is 0.466 bits per heavy atom. The summed E-state index contributed by atoms with van der Waals surface area (Å²) in [4.78, 5) is 9.74. The molecule has 0 fully saturated rings. The van der Waals surface area contributed by atoms with Crippen LogP contribution in [0, 0.1) is 0 Å². The van der Waals surface area contributed by atoms with Gasteiger partial charge in [-0.15, -0.1) is 0 Å². The zero-order valence-electron chi connectivity index (χ0n) is 39.1. The summed E-state index contributed by atoms with van der Waals surface area (Å²) in [5, 5.41) is 2.63. The molecule has 330 valence electrons. The number of aromatic nitrogens is 2. The zero-order chi connectivity index (χ0) is 40.8. The van der Waals surface area contributed by atoms with E-state index in [1.807, 2.05) is 12.4 Å². The number of fused-ring (bicyclic) bond motifs is 3. The minimum Gasteiger partial charge on any atom is -0.254 e. The fourth-order valence-electron chi connectivity index (χ4n) is 9.52. The molecule has 2 aromatic heterocycles. The van der Waals surface area contributed by atoms with Crippen molar-refractivity contribution >= 4 is 21.8 Å². The molecule has 3 aromatic rings. The van der Waals surface area contributed by atoms with Crippen LogP contribution in [0.3, 0.4) is 0 Å². The van der Waals surface area contributed by atoms with E-state index >= 15 is 0 Å². The van der Waals surface area contributed by atoms with Crippen LogP contribution in [-0.2, 0) is 12.8 Å². The zero-order valence-corrected chi connectivity index (χ0v) is 39.1. The van der Waals surface area contributed by atoms with E-state index in [4.69, 9.17) is 9.97 Å². The highest BCUT2D eigenvalue weighted by Gasteiger charge is 2.10. The molecule has 0 radical (unpaired) electrons. The summed E-state index contributed by atoms with van der Waals surface area (Å²) in [6, 6.07) is 9.21. The highest BCUT2D eigenvalue weighted by Crippen LogP contribution is 2.29. The second-order valence-electron chi connectivity index (χ2n) is 18.7. The van der Waals surface area contributed by atoms with Gasteiger partial charge in [0.25, 0.3) is 0 Å². The Morgan fingerprint density at radius 3 is 0.690 bits per heavy atom. The van der Waals surface area contributed by atoms with E-state index in [1.165, 1.54) is 279 Å². The second kappa shape index (κ2) is 36.9. The van der Waals surface area contributed by atoms with Crippen LogP contribution in [0.25, 0.3) is 21.8 Å². The van der Waals surface area contributed by atoms with Crippen molar-refractivity contribution in [3.8, 4) is 0 Å². The summed E-state index contributed by atoms with van der Waals surface area (Å²) in [5.41, 5.74) is 5.12. The van der Waals surface area contributed by atoms with Crippen LogP contribution in [0.5, 0.6) is 0 Å². The molecule has 2 heteroatoms. The molecule has 0 aliphatic heterocycles. The van der Waals surface area contributed by atoms with Gasteiger partial charge in [-0.3, -0.25) is 9.97 Å². The van der Waals surface area contributed by atoms with Gasteiger partial charge in [-0.05, 0) is 48.9 Å². The molecule has 0 saturated carbocycles. The van der Waals surface area contributed by atoms with Crippen molar-refractivity contribution in [1.82, 2.24) is 9.97 Å². The van der Waals surface area contributed by atoms with Gasteiger partial charge in [0.1, 0.15) is 0 Å². The molecule has 3 rings (SSSR count). The summed E-state index contributed by atoms with van der Waals surface area (Å²) in [6.45, 7) is 4.62. The standard InChI is InChI=1S/C56H96N2/c1-3-5-7-9-11-13-15-17-19-21-23-25-27-29-31-33-35-37-39-41-43-51-47-49-57-55-53(51)45-46-54-52(48-50-58-56(54)55)44-42-40-38-36-34-32-30-28-26-24-22-20-18-16-14-12-10-8-6-4-2/h45-50H,3-44H2,1-2H3. The number of benzene rings is 1. The van der Waals surface area contributed by atoms with Crippen molar-refractivity contribution in [3.05, 3.63) is 47.8 Å². The van der Waals surface area contributed by atoms with Crippen molar-refractivity contribution < 1.29 is 0 Å². The maximum Gasteiger partial charge on any atom is 0.0967 e. The summed E-state index contributed by atoms with van der Waals surface area (Å²) >= 11 is 0. The van der Waals surface area contributed by atoms with Crippen molar-refractivity contribution in [2.45, 2.75) is 284 Å². The molecule has 0 aliphatic carbocycles. The Balaban J connectivity index is 1.16. The molecule has 0 spiro atoms. The van der Waals surface area contributed by atoms with Crippen LogP contribution in [0.4, 0.5) is 0 Å². The van der Waals surface area contributed by atoms with Crippen LogP contribution in [0.1, 0.15) is 282 Å². The number of hydrogen-bond donors (Lipinski definition) is 0. The molecular weight excluding hydrogens is 701 g/mol. The molecular formula is C56H96N2. The van der Waals surface area contributed by atoms with Crippen LogP contribution in [0.2, 0.25) is 0 Å². The lowest BCUT2D eigenvalue weighted by Gasteiger charge is -2.11. The van der Waals surface area contributed by atoms with E-state index in [0.29, 0.717) is 0 Å². The molecule has 0 N–H and O–H groups in total. The van der Waals surface area contributed by atoms with Gasteiger partial charge in [0.05, 0.1) is 11.0 Å². The monoisotopic (exact) mass is 797 g/mol. The van der Waals surface area contributed by atoms with Crippen LogP contribution >= 0.6 is 0 Å². The van der Waals surface area contributed by atoms with Gasteiger partial charge in [-0.2, -0.15) is 0 Å². The average molecular weight is 797 g/mol. The van der Waals surface area contributed by atoms with Crippen LogP contribution < -0.4 is 0 Å². The molecule has 0 unspecified atom stereocenters. The molecule has 0 atom stereocenters. The smallest absolute Gasteiger partial charge is 0.0967 e. The lowest BCUT2D eigenvalue weighted by molar-refractivity contribution is 0.522. The lowest BCUT2D eigenvalue weighted by atomic mass is 9.97. The van der Waals surface area contributed by atoms with Gasteiger partial charge in [0, 0.05) is 23.2 Å². The summed E-state index contributed by atoms with van der Waals surface area (Å²) < 4.78 is 0. The van der Waals surface area contributed by atoms with E-state index < -0.39 is 0 Å². The van der Waals surface area contributed by atoms with E-state index in [1.54, 1.807) is 0 Å². The van der Waals surface area contributed by atoms with Gasteiger partial charge in [-0.1, -0.05) is 270 Å². The third-order valence-electron chi connectivity index (χ3n) is 13.4. The van der Waals surface area contributed by atoms with E-state index in [0.717, 1.165) is 23.9 Å². The van der Waals surface area contributed by atoms with Gasteiger partial charge in [0.15, 0.2) is 0 Å². The third-order valence-corrected chi connectivity index (χ3v) is 13.4. The minimum absolute atomic E-state index is 1.11. The molecule has 0 amide bonds. The van der Waals surface area contributed by atoms with Crippen LogP contribution in [-0.4, -0.2) is 9.97 Å². The van der Waals surface area contributed by atoms with Gasteiger partial charge >= 0.3 is 0 Å². The van der Waals surface area contributed by atoms with Gasteiger partial charge in [-0.25, -0.2) is 0 Å². The highest BCUT2D eigenvalue weighted by molar-refractivity contribution is 6.04. The summed E-state index contributed by atoms with van der Waals surface area (Å²) in [7, 11) is 0. The SMILES string of the molecule is CCCCCCCCCCCCCCCCCCCCCCc1ccnc2c1ccc1c(CCCCCCCCCCCCCCCCCCCCCC)ccnc12. The quantitative estimate of drug-likeness (QED) is 0.0421. The first-order chi connectivity index (χ1) is 28.8. The average Bonchev–Trinajstić information content (AvgIpc) is 3.25. The van der Waals surface area contributed by atoms with Crippen molar-refractivity contribution in [3.63, 3.8) is 0 Å². The molecule has 0 saturated heterocycles. The summed E-state index contributed by atoms with van der Waals surface area (Å²) in [6.07, 6.45) is 63.7. The maximum atomic E-state index is 4.87. The lowest BCUT2D eigenvalue weighted by Crippen LogP contribution is -1.95. The number of unbranched alkanes of at least 4 members (excludes halogenated alkanes) is 38. The van der Waals surface area contributed by atoms with Crippen molar-refractivity contribution in [1.29, 1.82) is 0 Å². The Hall–Kier alpha value is -1.96.